The molecule has 2 aromatic rings. The largest absolute Gasteiger partial charge is 0.488 e. The number of hydrogen-bond acceptors (Lipinski definition) is 3. The fraction of sp³-hybridized carbons (Fsp3) is 0.235. The van der Waals surface area contributed by atoms with E-state index in [9.17, 15) is 4.39 Å². The number of aryl methyl sites for hydroxylation is 1. The van der Waals surface area contributed by atoms with Crippen LogP contribution in [0.3, 0.4) is 0 Å². The Balaban J connectivity index is 2.19. The maximum atomic E-state index is 13.8. The third kappa shape index (κ3) is 3.59. The zero-order valence-corrected chi connectivity index (χ0v) is 12.1. The van der Waals surface area contributed by atoms with E-state index in [1.165, 1.54) is 6.07 Å². The Hall–Kier alpha value is -2.38. The number of halogens is 1. The van der Waals surface area contributed by atoms with Crippen molar-refractivity contribution in [1.29, 1.82) is 5.26 Å². The topological polar surface area (TPSA) is 45.0 Å². The molecule has 21 heavy (non-hydrogen) atoms. The molecule has 1 N–H and O–H groups in total. The molecule has 2 rings (SSSR count). The van der Waals surface area contributed by atoms with Gasteiger partial charge in [-0.25, -0.2) is 4.39 Å². The predicted molar refractivity (Wildman–Crippen MR) is 79.4 cm³/mol. The molecule has 0 spiro atoms. The van der Waals surface area contributed by atoms with Gasteiger partial charge in [0.05, 0.1) is 11.6 Å². The molecule has 3 nitrogen and oxygen atoms in total. The van der Waals surface area contributed by atoms with Crippen LogP contribution < -0.4 is 10.1 Å². The van der Waals surface area contributed by atoms with Crippen molar-refractivity contribution in [2.75, 3.05) is 7.05 Å². The van der Waals surface area contributed by atoms with Crippen LogP contribution in [-0.4, -0.2) is 7.05 Å². The van der Waals surface area contributed by atoms with E-state index in [0.717, 1.165) is 16.9 Å². The molecular formula is C17H17FN2O. The van der Waals surface area contributed by atoms with E-state index < -0.39 is 5.82 Å². The van der Waals surface area contributed by atoms with Gasteiger partial charge in [-0.2, -0.15) is 5.26 Å². The second kappa shape index (κ2) is 6.87. The van der Waals surface area contributed by atoms with Gasteiger partial charge in [0, 0.05) is 17.7 Å². The average molecular weight is 284 g/mol. The van der Waals surface area contributed by atoms with Crippen molar-refractivity contribution < 1.29 is 9.13 Å². The Bertz CT molecular complexity index is 677. The Morgan fingerprint density at radius 3 is 2.71 bits per heavy atom. The highest BCUT2D eigenvalue weighted by Crippen LogP contribution is 2.25. The van der Waals surface area contributed by atoms with Crippen LogP contribution in [0.4, 0.5) is 4.39 Å². The summed E-state index contributed by atoms with van der Waals surface area (Å²) in [5, 5.41) is 11.8. The zero-order valence-electron chi connectivity index (χ0n) is 12.1. The van der Waals surface area contributed by atoms with Crippen molar-refractivity contribution >= 4 is 0 Å². The lowest BCUT2D eigenvalue weighted by Crippen LogP contribution is -2.09. The fourth-order valence-corrected chi connectivity index (χ4v) is 2.13. The van der Waals surface area contributed by atoms with Gasteiger partial charge in [0.15, 0.2) is 0 Å². The highest BCUT2D eigenvalue weighted by atomic mass is 19.1. The lowest BCUT2D eigenvalue weighted by atomic mass is 10.1. The molecule has 0 unspecified atom stereocenters. The van der Waals surface area contributed by atoms with Crippen molar-refractivity contribution in [2.24, 2.45) is 0 Å². The summed E-state index contributed by atoms with van der Waals surface area (Å²) >= 11 is 0. The minimum atomic E-state index is -0.419. The smallest absolute Gasteiger partial charge is 0.131 e. The van der Waals surface area contributed by atoms with E-state index >= 15 is 0 Å². The first kappa shape index (κ1) is 15.0. The van der Waals surface area contributed by atoms with Gasteiger partial charge in [-0.05, 0) is 31.7 Å². The molecule has 0 amide bonds. The van der Waals surface area contributed by atoms with E-state index in [2.05, 4.69) is 5.32 Å². The summed E-state index contributed by atoms with van der Waals surface area (Å²) in [5.41, 5.74) is 2.79. The maximum absolute atomic E-state index is 13.8. The van der Waals surface area contributed by atoms with E-state index in [1.807, 2.05) is 38.2 Å². The van der Waals surface area contributed by atoms with Gasteiger partial charge in [0.2, 0.25) is 0 Å². The molecule has 0 heterocycles. The van der Waals surface area contributed by atoms with Gasteiger partial charge >= 0.3 is 0 Å². The maximum Gasteiger partial charge on any atom is 0.131 e. The average Bonchev–Trinajstić information content (AvgIpc) is 2.48. The highest BCUT2D eigenvalue weighted by Gasteiger charge is 2.09. The molecule has 0 radical (unpaired) electrons. The molecule has 0 saturated heterocycles. The minimum Gasteiger partial charge on any atom is -0.488 e. The number of nitriles is 1. The second-order valence-electron chi connectivity index (χ2n) is 4.80. The lowest BCUT2D eigenvalue weighted by molar-refractivity contribution is 0.294. The first-order chi connectivity index (χ1) is 10.2. The van der Waals surface area contributed by atoms with Crippen LogP contribution in [0.5, 0.6) is 5.75 Å². The van der Waals surface area contributed by atoms with Gasteiger partial charge in [0.25, 0.3) is 0 Å². The summed E-state index contributed by atoms with van der Waals surface area (Å²) in [7, 11) is 1.87. The van der Waals surface area contributed by atoms with Gasteiger partial charge in [-0.1, -0.05) is 24.3 Å². The third-order valence-corrected chi connectivity index (χ3v) is 3.21. The Labute approximate surface area is 124 Å². The van der Waals surface area contributed by atoms with Crippen molar-refractivity contribution in [3.05, 3.63) is 64.5 Å². The molecule has 0 bridgehead atoms. The number of ether oxygens (including phenoxy) is 1. The van der Waals surface area contributed by atoms with E-state index in [4.69, 9.17) is 10.00 Å². The quantitative estimate of drug-likeness (QED) is 0.916. The molecule has 0 aliphatic heterocycles. The van der Waals surface area contributed by atoms with Crippen molar-refractivity contribution in [1.82, 2.24) is 5.32 Å². The normalized spacial score (nSPS) is 10.2. The zero-order chi connectivity index (χ0) is 15.2. The van der Waals surface area contributed by atoms with Crippen molar-refractivity contribution in [2.45, 2.75) is 20.1 Å². The van der Waals surface area contributed by atoms with Gasteiger partial charge in [-0.15, -0.1) is 0 Å². The first-order valence-electron chi connectivity index (χ1n) is 6.70. The molecule has 0 aliphatic rings. The summed E-state index contributed by atoms with van der Waals surface area (Å²) in [6.07, 6.45) is 0. The summed E-state index contributed by atoms with van der Waals surface area (Å²) in [6.45, 7) is 2.79. The van der Waals surface area contributed by atoms with Crippen LogP contribution in [0.2, 0.25) is 0 Å². The number of rotatable bonds is 5. The van der Waals surface area contributed by atoms with E-state index in [1.54, 1.807) is 12.1 Å². The van der Waals surface area contributed by atoms with Crippen LogP contribution in [0.1, 0.15) is 22.3 Å². The van der Waals surface area contributed by atoms with Gasteiger partial charge < -0.3 is 10.1 Å². The Kier molecular flexibility index (Phi) is 4.91. The van der Waals surface area contributed by atoms with Crippen molar-refractivity contribution in [3.8, 4) is 11.8 Å². The van der Waals surface area contributed by atoms with Crippen LogP contribution in [0.25, 0.3) is 0 Å². The molecular weight excluding hydrogens is 267 g/mol. The van der Waals surface area contributed by atoms with E-state index in [-0.39, 0.29) is 6.61 Å². The lowest BCUT2D eigenvalue weighted by Gasteiger charge is -2.14. The molecule has 0 atom stereocenters. The summed E-state index contributed by atoms with van der Waals surface area (Å²) in [5.74, 6) is 0.355. The second-order valence-corrected chi connectivity index (χ2v) is 4.80. The standard InChI is InChI=1S/C17H17FN2O/c1-12-4-3-5-14(10-20-2)17(12)21-11-15-7-6-13(9-19)8-16(15)18/h3-8,20H,10-11H2,1-2H3. The van der Waals surface area contributed by atoms with Gasteiger partial charge in [-0.3, -0.25) is 0 Å². The van der Waals surface area contributed by atoms with Crippen LogP contribution in [0, 0.1) is 24.1 Å². The fourth-order valence-electron chi connectivity index (χ4n) is 2.13. The van der Waals surface area contributed by atoms with Crippen LogP contribution in [-0.2, 0) is 13.2 Å². The van der Waals surface area contributed by atoms with Crippen molar-refractivity contribution in [3.63, 3.8) is 0 Å². The molecule has 0 aliphatic carbocycles. The minimum absolute atomic E-state index is 0.138. The van der Waals surface area contributed by atoms with E-state index in [0.29, 0.717) is 17.7 Å². The Morgan fingerprint density at radius 1 is 1.24 bits per heavy atom. The number of benzene rings is 2. The van der Waals surface area contributed by atoms with Crippen LogP contribution >= 0.6 is 0 Å². The number of para-hydroxylation sites is 1. The third-order valence-electron chi connectivity index (χ3n) is 3.21. The summed E-state index contributed by atoms with van der Waals surface area (Å²) < 4.78 is 19.6. The number of nitrogens with zero attached hydrogens (tertiary/aromatic N) is 1. The highest BCUT2D eigenvalue weighted by molar-refractivity contribution is 5.41. The first-order valence-corrected chi connectivity index (χ1v) is 6.70. The SMILES string of the molecule is CNCc1cccc(C)c1OCc1ccc(C#N)cc1F. The Morgan fingerprint density at radius 2 is 2.05 bits per heavy atom. The molecule has 0 aromatic heterocycles. The molecule has 0 saturated carbocycles. The monoisotopic (exact) mass is 284 g/mol. The molecule has 0 fully saturated rings. The molecule has 2 aromatic carbocycles. The number of nitrogens with one attached hydrogen (secondary N) is 1. The predicted octanol–water partition coefficient (Wildman–Crippen LogP) is 3.30. The molecule has 4 heteroatoms. The van der Waals surface area contributed by atoms with Crippen LogP contribution in [0.15, 0.2) is 36.4 Å². The number of hydrogen-bond donors (Lipinski definition) is 1. The molecule has 108 valence electrons. The summed E-state index contributed by atoms with van der Waals surface area (Å²) in [4.78, 5) is 0. The summed E-state index contributed by atoms with van der Waals surface area (Å²) in [6, 6.07) is 12.2. The van der Waals surface area contributed by atoms with Gasteiger partial charge in [0.1, 0.15) is 18.2 Å².